The lowest BCUT2D eigenvalue weighted by molar-refractivity contribution is -0.123. The fourth-order valence-electron chi connectivity index (χ4n) is 2.78. The van der Waals surface area contributed by atoms with E-state index in [1.807, 2.05) is 54.6 Å². The van der Waals surface area contributed by atoms with Gasteiger partial charge >= 0.3 is 0 Å². The van der Waals surface area contributed by atoms with Gasteiger partial charge in [-0.2, -0.15) is 0 Å². The van der Waals surface area contributed by atoms with Gasteiger partial charge in [0.25, 0.3) is 0 Å². The van der Waals surface area contributed by atoms with Crippen LogP contribution in [-0.4, -0.2) is 11.8 Å². The zero-order valence-corrected chi connectivity index (χ0v) is 15.3. The molecule has 2 amide bonds. The Hall–Kier alpha value is -2.37. The van der Waals surface area contributed by atoms with Crippen LogP contribution in [0.15, 0.2) is 54.6 Å². The first-order chi connectivity index (χ1) is 12.1. The highest BCUT2D eigenvalue weighted by Gasteiger charge is 2.25. The van der Waals surface area contributed by atoms with Crippen LogP contribution in [0.5, 0.6) is 0 Å². The SMILES string of the molecule is Cl.NC(C(=O)NCc1cccc(NC(=O)C2CCC2)c1)c1ccccc1. The molecule has 1 fully saturated rings. The van der Waals surface area contributed by atoms with Crippen molar-refractivity contribution in [2.75, 3.05) is 5.32 Å². The quantitative estimate of drug-likeness (QED) is 0.727. The molecule has 1 aliphatic carbocycles. The molecule has 4 N–H and O–H groups in total. The maximum atomic E-state index is 12.2. The van der Waals surface area contributed by atoms with Gasteiger partial charge in [-0.15, -0.1) is 12.4 Å². The van der Waals surface area contributed by atoms with Crippen LogP contribution in [0.25, 0.3) is 0 Å². The lowest BCUT2D eigenvalue weighted by Crippen LogP contribution is -2.33. The van der Waals surface area contributed by atoms with Gasteiger partial charge in [-0.3, -0.25) is 9.59 Å². The van der Waals surface area contributed by atoms with Crippen LogP contribution in [0.3, 0.4) is 0 Å². The molecule has 6 heteroatoms. The number of hydrogen-bond acceptors (Lipinski definition) is 3. The number of amides is 2. The molecular formula is C20H24ClN3O2. The second kappa shape index (κ2) is 9.36. The Morgan fingerprint density at radius 3 is 2.46 bits per heavy atom. The second-order valence-corrected chi connectivity index (χ2v) is 6.42. The van der Waals surface area contributed by atoms with Gasteiger partial charge in [0, 0.05) is 18.2 Å². The Bertz CT molecular complexity index is 748. The summed E-state index contributed by atoms with van der Waals surface area (Å²) in [5.74, 6) is 0.000807. The maximum absolute atomic E-state index is 12.2. The average molecular weight is 374 g/mol. The third kappa shape index (κ3) is 5.07. The van der Waals surface area contributed by atoms with Gasteiger partial charge in [0.15, 0.2) is 0 Å². The lowest BCUT2D eigenvalue weighted by atomic mass is 9.85. The molecule has 2 aromatic rings. The van der Waals surface area contributed by atoms with Gasteiger partial charge in [-0.25, -0.2) is 0 Å². The largest absolute Gasteiger partial charge is 0.350 e. The predicted molar refractivity (Wildman–Crippen MR) is 105 cm³/mol. The molecule has 26 heavy (non-hydrogen) atoms. The summed E-state index contributed by atoms with van der Waals surface area (Å²) in [6, 6.07) is 16.1. The molecule has 0 heterocycles. The summed E-state index contributed by atoms with van der Waals surface area (Å²) in [6.07, 6.45) is 3.07. The van der Waals surface area contributed by atoms with Gasteiger partial charge < -0.3 is 16.4 Å². The molecule has 0 bridgehead atoms. The molecule has 1 aliphatic rings. The Morgan fingerprint density at radius 2 is 1.81 bits per heavy atom. The number of carbonyl (C=O) groups is 2. The molecular weight excluding hydrogens is 350 g/mol. The summed E-state index contributed by atoms with van der Waals surface area (Å²) in [4.78, 5) is 24.2. The van der Waals surface area contributed by atoms with Crippen molar-refractivity contribution in [3.63, 3.8) is 0 Å². The number of benzene rings is 2. The predicted octanol–water partition coefficient (Wildman–Crippen LogP) is 3.16. The van der Waals surface area contributed by atoms with Crippen molar-refractivity contribution in [3.05, 3.63) is 65.7 Å². The molecule has 138 valence electrons. The standard InChI is InChI=1S/C20H23N3O2.ClH/c21-18(15-7-2-1-3-8-15)20(25)22-13-14-6-4-11-17(12-14)23-19(24)16-9-5-10-16;/h1-4,6-8,11-12,16,18H,5,9-10,13,21H2,(H,22,25)(H,23,24);1H. The Balaban J connectivity index is 0.00000243. The van der Waals surface area contributed by atoms with Gasteiger partial charge in [0.1, 0.15) is 6.04 Å². The van der Waals surface area contributed by atoms with Crippen molar-refractivity contribution in [2.45, 2.75) is 31.8 Å². The molecule has 1 atom stereocenters. The van der Waals surface area contributed by atoms with E-state index in [2.05, 4.69) is 10.6 Å². The highest BCUT2D eigenvalue weighted by atomic mass is 35.5. The Kier molecular flexibility index (Phi) is 7.18. The molecule has 0 aliphatic heterocycles. The second-order valence-electron chi connectivity index (χ2n) is 6.42. The smallest absolute Gasteiger partial charge is 0.241 e. The summed E-state index contributed by atoms with van der Waals surface area (Å²) >= 11 is 0. The third-order valence-corrected chi connectivity index (χ3v) is 4.58. The van der Waals surface area contributed by atoms with Crippen molar-refractivity contribution < 1.29 is 9.59 Å². The summed E-state index contributed by atoms with van der Waals surface area (Å²) < 4.78 is 0. The van der Waals surface area contributed by atoms with E-state index in [9.17, 15) is 9.59 Å². The molecule has 1 unspecified atom stereocenters. The van der Waals surface area contributed by atoms with Gasteiger partial charge in [-0.1, -0.05) is 48.9 Å². The zero-order valence-electron chi connectivity index (χ0n) is 14.5. The van der Waals surface area contributed by atoms with E-state index >= 15 is 0 Å². The van der Waals surface area contributed by atoms with E-state index in [1.54, 1.807) is 0 Å². The highest BCUT2D eigenvalue weighted by molar-refractivity contribution is 5.93. The number of carbonyl (C=O) groups excluding carboxylic acids is 2. The lowest BCUT2D eigenvalue weighted by Gasteiger charge is -2.24. The number of halogens is 1. The number of nitrogens with two attached hydrogens (primary N) is 1. The Morgan fingerprint density at radius 1 is 1.08 bits per heavy atom. The van der Waals surface area contributed by atoms with E-state index in [-0.39, 0.29) is 30.1 Å². The van der Waals surface area contributed by atoms with Gasteiger partial charge in [0.05, 0.1) is 0 Å². The van der Waals surface area contributed by atoms with Crippen LogP contribution in [0.4, 0.5) is 5.69 Å². The summed E-state index contributed by atoms with van der Waals surface area (Å²) in [6.45, 7) is 0.368. The average Bonchev–Trinajstić information content (AvgIpc) is 2.58. The molecule has 5 nitrogen and oxygen atoms in total. The monoisotopic (exact) mass is 373 g/mol. The summed E-state index contributed by atoms with van der Waals surface area (Å²) in [5, 5.41) is 5.79. The molecule has 0 aromatic heterocycles. The minimum Gasteiger partial charge on any atom is -0.350 e. The molecule has 0 radical (unpaired) electrons. The third-order valence-electron chi connectivity index (χ3n) is 4.58. The van der Waals surface area contributed by atoms with Gasteiger partial charge in [0.2, 0.25) is 11.8 Å². The van der Waals surface area contributed by atoms with Crippen molar-refractivity contribution in [1.29, 1.82) is 0 Å². The normalized spacial score (nSPS) is 14.5. The van der Waals surface area contributed by atoms with Crippen molar-refractivity contribution >= 4 is 29.9 Å². The first kappa shape index (κ1) is 19.9. The number of hydrogen-bond donors (Lipinski definition) is 3. The zero-order chi connectivity index (χ0) is 17.6. The van der Waals surface area contributed by atoms with E-state index in [0.717, 1.165) is 36.1 Å². The van der Waals surface area contributed by atoms with Crippen LogP contribution in [-0.2, 0) is 16.1 Å². The minimum absolute atomic E-state index is 0. The van der Waals surface area contributed by atoms with Crippen molar-refractivity contribution in [3.8, 4) is 0 Å². The summed E-state index contributed by atoms with van der Waals surface area (Å²) in [5.41, 5.74) is 8.44. The number of nitrogens with one attached hydrogen (secondary N) is 2. The van der Waals surface area contributed by atoms with E-state index < -0.39 is 6.04 Å². The van der Waals surface area contributed by atoms with E-state index in [0.29, 0.717) is 6.54 Å². The maximum Gasteiger partial charge on any atom is 0.241 e. The first-order valence-electron chi connectivity index (χ1n) is 8.61. The fraction of sp³-hybridized carbons (Fsp3) is 0.300. The van der Waals surface area contributed by atoms with E-state index in [1.165, 1.54) is 0 Å². The molecule has 0 saturated heterocycles. The minimum atomic E-state index is -0.692. The fourth-order valence-corrected chi connectivity index (χ4v) is 2.78. The Labute approximate surface area is 159 Å². The van der Waals surface area contributed by atoms with E-state index in [4.69, 9.17) is 5.73 Å². The van der Waals surface area contributed by atoms with Crippen LogP contribution in [0.1, 0.15) is 36.4 Å². The van der Waals surface area contributed by atoms with Crippen molar-refractivity contribution in [2.24, 2.45) is 11.7 Å². The molecule has 3 rings (SSSR count). The van der Waals surface area contributed by atoms with Crippen LogP contribution in [0.2, 0.25) is 0 Å². The number of anilines is 1. The molecule has 0 spiro atoms. The van der Waals surface area contributed by atoms with Crippen LogP contribution < -0.4 is 16.4 Å². The summed E-state index contributed by atoms with van der Waals surface area (Å²) in [7, 11) is 0. The number of rotatable bonds is 6. The highest BCUT2D eigenvalue weighted by Crippen LogP contribution is 2.27. The first-order valence-corrected chi connectivity index (χ1v) is 8.61. The molecule has 2 aromatic carbocycles. The topological polar surface area (TPSA) is 84.2 Å². The van der Waals surface area contributed by atoms with Crippen LogP contribution >= 0.6 is 12.4 Å². The van der Waals surface area contributed by atoms with Crippen molar-refractivity contribution in [1.82, 2.24) is 5.32 Å². The van der Waals surface area contributed by atoms with Gasteiger partial charge in [-0.05, 0) is 36.1 Å². The van der Waals surface area contributed by atoms with Crippen LogP contribution in [0, 0.1) is 5.92 Å². The molecule has 1 saturated carbocycles.